The predicted molar refractivity (Wildman–Crippen MR) is 122 cm³/mol. The Morgan fingerprint density at radius 2 is 1.81 bits per heavy atom. The van der Waals surface area contributed by atoms with Crippen LogP contribution in [0.15, 0.2) is 69.6 Å². The molecule has 1 atom stereocenters. The molecule has 2 rings (SSSR count). The van der Waals surface area contributed by atoms with Gasteiger partial charge in [0.05, 0.1) is 11.5 Å². The molecule has 9 heteroatoms. The Hall–Kier alpha value is -3.17. The summed E-state index contributed by atoms with van der Waals surface area (Å²) in [7, 11) is -1.69. The lowest BCUT2D eigenvalue weighted by atomic mass is 10.2. The number of aliphatic imine (C=N–C) groups is 2. The second kappa shape index (κ2) is 11.3. The molecule has 0 aliphatic carbocycles. The van der Waals surface area contributed by atoms with Gasteiger partial charge in [-0.1, -0.05) is 6.08 Å². The Balaban J connectivity index is 2.35. The Labute approximate surface area is 183 Å². The maximum Gasteiger partial charge on any atom is 0.175 e. The van der Waals surface area contributed by atoms with E-state index in [1.165, 1.54) is 18.5 Å². The minimum absolute atomic E-state index is 0.198. The molecular formula is C22H27N3O5S. The van der Waals surface area contributed by atoms with Crippen molar-refractivity contribution in [2.45, 2.75) is 24.8 Å². The van der Waals surface area contributed by atoms with E-state index in [-0.39, 0.29) is 16.8 Å². The van der Waals surface area contributed by atoms with Crippen molar-refractivity contribution in [3.8, 4) is 17.2 Å². The van der Waals surface area contributed by atoms with Gasteiger partial charge in [-0.2, -0.15) is 0 Å². The first kappa shape index (κ1) is 24.1. The molecule has 2 N–H and O–H groups in total. The van der Waals surface area contributed by atoms with Crippen LogP contribution in [-0.2, 0) is 14.6 Å². The summed E-state index contributed by atoms with van der Waals surface area (Å²) in [4.78, 5) is 8.30. The first-order valence-corrected chi connectivity index (χ1v) is 11.4. The number of hydrogen-bond acceptors (Lipinski definition) is 6. The quantitative estimate of drug-likeness (QED) is 0.442. The van der Waals surface area contributed by atoms with Crippen molar-refractivity contribution in [1.82, 2.24) is 0 Å². The van der Waals surface area contributed by atoms with Crippen LogP contribution in [0.5, 0.6) is 17.2 Å². The lowest BCUT2D eigenvalue weighted by Gasteiger charge is -2.16. The molecule has 8 nitrogen and oxygen atoms in total. The van der Waals surface area contributed by atoms with Gasteiger partial charge in [-0.15, -0.1) is 0 Å². The molecule has 166 valence electrons. The molecule has 0 radical (unpaired) electrons. The number of amidine groups is 1. The van der Waals surface area contributed by atoms with Crippen LogP contribution in [0, 0.1) is 0 Å². The lowest BCUT2D eigenvalue weighted by molar-refractivity contribution is 0.0919. The first-order chi connectivity index (χ1) is 14.7. The summed E-state index contributed by atoms with van der Waals surface area (Å²) in [5, 5.41) is 0. The van der Waals surface area contributed by atoms with Gasteiger partial charge < -0.3 is 19.9 Å². The molecule has 0 fully saturated rings. The van der Waals surface area contributed by atoms with Crippen LogP contribution in [0.1, 0.15) is 19.4 Å². The summed E-state index contributed by atoms with van der Waals surface area (Å²) in [5.74, 6) is 1.67. The molecule has 0 saturated carbocycles. The average Bonchev–Trinajstić information content (AvgIpc) is 2.70. The molecule has 0 unspecified atom stereocenters. The lowest BCUT2D eigenvalue weighted by Crippen LogP contribution is -2.19. The van der Waals surface area contributed by atoms with Crippen molar-refractivity contribution in [3.05, 3.63) is 60.3 Å². The standard InChI is InChI=1S/C22H27N3O5S/c1-5-10-24-15-25-22(23)17-11-19(29-16(2)14-28-3)13-20(12-17)30-18-6-8-21(9-7-18)31(4,26)27/h5-13,15-16H,14H2,1-4H3,(H2,23,24,25)/b10-5-/t16-/m0/s1. The SMILES string of the molecule is C/C=C\N=CN=C(N)c1cc(Oc2ccc(S(C)(=O)=O)cc2)cc(O[C@@H](C)COC)c1. The molecule has 2 aromatic rings. The fourth-order valence-electron chi connectivity index (χ4n) is 2.53. The molecule has 0 aliphatic heterocycles. The van der Waals surface area contributed by atoms with Crippen molar-refractivity contribution in [2.24, 2.45) is 15.7 Å². The van der Waals surface area contributed by atoms with Crippen molar-refractivity contribution in [3.63, 3.8) is 0 Å². The average molecular weight is 446 g/mol. The first-order valence-electron chi connectivity index (χ1n) is 9.48. The minimum Gasteiger partial charge on any atom is -0.488 e. The summed E-state index contributed by atoms with van der Waals surface area (Å²) >= 11 is 0. The highest BCUT2D eigenvalue weighted by Crippen LogP contribution is 2.29. The smallest absolute Gasteiger partial charge is 0.175 e. The third-order valence-electron chi connectivity index (χ3n) is 3.90. The van der Waals surface area contributed by atoms with Gasteiger partial charge in [0.1, 0.15) is 35.5 Å². The van der Waals surface area contributed by atoms with Crippen LogP contribution in [0.4, 0.5) is 0 Å². The second-order valence-corrected chi connectivity index (χ2v) is 8.70. The summed E-state index contributed by atoms with van der Waals surface area (Å²) in [6.45, 7) is 4.13. The van der Waals surface area contributed by atoms with Crippen LogP contribution in [-0.4, -0.2) is 46.7 Å². The van der Waals surface area contributed by atoms with Gasteiger partial charge in [0.2, 0.25) is 0 Å². The second-order valence-electron chi connectivity index (χ2n) is 6.68. The van der Waals surface area contributed by atoms with Crippen molar-refractivity contribution in [2.75, 3.05) is 20.0 Å². The molecule has 0 aromatic heterocycles. The zero-order valence-electron chi connectivity index (χ0n) is 18.0. The zero-order chi connectivity index (χ0) is 22.9. The Morgan fingerprint density at radius 1 is 1.13 bits per heavy atom. The Bertz CT molecular complexity index is 1060. The van der Waals surface area contributed by atoms with Crippen LogP contribution in [0.3, 0.4) is 0 Å². The van der Waals surface area contributed by atoms with Crippen LogP contribution in [0.25, 0.3) is 0 Å². The molecule has 0 amide bonds. The highest BCUT2D eigenvalue weighted by atomic mass is 32.2. The van der Waals surface area contributed by atoms with E-state index in [9.17, 15) is 8.42 Å². The molecule has 0 saturated heterocycles. The van der Waals surface area contributed by atoms with Crippen LogP contribution < -0.4 is 15.2 Å². The van der Waals surface area contributed by atoms with Gasteiger partial charge in [-0.3, -0.25) is 0 Å². The third kappa shape index (κ3) is 7.88. The van der Waals surface area contributed by atoms with E-state index in [1.807, 2.05) is 13.8 Å². The monoisotopic (exact) mass is 445 g/mol. The number of benzene rings is 2. The van der Waals surface area contributed by atoms with Gasteiger partial charge >= 0.3 is 0 Å². The minimum atomic E-state index is -3.29. The predicted octanol–water partition coefficient (Wildman–Crippen LogP) is 3.56. The van der Waals surface area contributed by atoms with E-state index in [4.69, 9.17) is 19.9 Å². The van der Waals surface area contributed by atoms with Crippen molar-refractivity contribution in [1.29, 1.82) is 0 Å². The Morgan fingerprint density at radius 3 is 2.42 bits per heavy atom. The molecule has 0 heterocycles. The van der Waals surface area contributed by atoms with Crippen molar-refractivity contribution >= 4 is 22.0 Å². The summed E-state index contributed by atoms with van der Waals surface area (Å²) in [6, 6.07) is 11.3. The van der Waals surface area contributed by atoms with Crippen LogP contribution in [0.2, 0.25) is 0 Å². The number of hydrogen-bond donors (Lipinski definition) is 1. The summed E-state index contributed by atoms with van der Waals surface area (Å²) < 4.78 is 40.2. The number of sulfone groups is 1. The fourth-order valence-corrected chi connectivity index (χ4v) is 3.16. The van der Waals surface area contributed by atoms with Gasteiger partial charge in [-0.25, -0.2) is 18.4 Å². The van der Waals surface area contributed by atoms with E-state index in [2.05, 4.69) is 9.98 Å². The fraction of sp³-hybridized carbons (Fsp3) is 0.273. The number of methoxy groups -OCH3 is 1. The molecule has 2 aromatic carbocycles. The maximum atomic E-state index is 11.6. The zero-order valence-corrected chi connectivity index (χ0v) is 18.8. The van der Waals surface area contributed by atoms with E-state index >= 15 is 0 Å². The van der Waals surface area contributed by atoms with E-state index in [1.54, 1.807) is 49.7 Å². The highest BCUT2D eigenvalue weighted by molar-refractivity contribution is 7.90. The van der Waals surface area contributed by atoms with Crippen molar-refractivity contribution < 1.29 is 22.6 Å². The third-order valence-corrected chi connectivity index (χ3v) is 5.03. The normalized spacial score (nSPS) is 13.6. The van der Waals surface area contributed by atoms with E-state index in [0.717, 1.165) is 6.26 Å². The topological polar surface area (TPSA) is 113 Å². The van der Waals surface area contributed by atoms with Gasteiger partial charge in [0, 0.05) is 31.2 Å². The molecular weight excluding hydrogens is 418 g/mol. The van der Waals surface area contributed by atoms with Gasteiger partial charge in [0.25, 0.3) is 0 Å². The van der Waals surface area contributed by atoms with Gasteiger partial charge in [0.15, 0.2) is 9.84 Å². The number of allylic oxidation sites excluding steroid dienone is 1. The van der Waals surface area contributed by atoms with E-state index < -0.39 is 9.84 Å². The highest BCUT2D eigenvalue weighted by Gasteiger charge is 2.11. The maximum absolute atomic E-state index is 11.6. The largest absolute Gasteiger partial charge is 0.488 e. The Kier molecular flexibility index (Phi) is 8.77. The number of rotatable bonds is 10. The number of nitrogens with zero attached hydrogens (tertiary/aromatic N) is 2. The van der Waals surface area contributed by atoms with Gasteiger partial charge in [-0.05, 0) is 50.2 Å². The number of nitrogens with two attached hydrogens (primary N) is 1. The summed E-state index contributed by atoms with van der Waals surface area (Å²) in [6.07, 6.45) is 5.67. The number of ether oxygens (including phenoxy) is 3. The molecule has 0 spiro atoms. The van der Waals surface area contributed by atoms with E-state index in [0.29, 0.717) is 29.4 Å². The molecule has 31 heavy (non-hydrogen) atoms. The van der Waals surface area contributed by atoms with Crippen LogP contribution >= 0.6 is 0 Å². The summed E-state index contributed by atoms with van der Waals surface area (Å²) in [5.41, 5.74) is 6.68. The molecule has 0 bridgehead atoms. The molecule has 0 aliphatic rings.